The number of urea groups is 1. The number of Topliss-reactive ketones (excluding diaryl/α,β-unsaturated/α-hetero) is 1. The normalized spacial score (nSPS) is 21.8. The number of nitrogens with one attached hydrogen (secondary N) is 1. The number of aromatic nitrogens is 1. The number of hydrogen-bond donors (Lipinski definition) is 1. The van der Waals surface area contributed by atoms with E-state index in [-0.39, 0.29) is 17.9 Å². The number of nitrogens with zero attached hydrogens (tertiary/aromatic N) is 2. The maximum Gasteiger partial charge on any atom is 0.416 e. The fraction of sp³-hybridized carbons (Fsp3) is 0.348. The largest absolute Gasteiger partial charge is 0.416 e. The standard InChI is InChI=1S/C23H20F3N3O2/c24-23(25,26)15-5-2-6-16(11-15)29-18-9-10-19(30)20(18)21(28-22(29)31)14-7-8-17(27-12-14)13-3-1-4-13/h2,5-8,11-13,21H,1,3-4,9-10H2,(H,28,31). The lowest BCUT2D eigenvalue weighted by molar-refractivity contribution is -0.137. The number of alkyl halides is 3. The van der Waals surface area contributed by atoms with Crippen LogP contribution in [0.5, 0.6) is 0 Å². The van der Waals surface area contributed by atoms with E-state index >= 15 is 0 Å². The zero-order valence-corrected chi connectivity index (χ0v) is 16.6. The molecule has 2 aromatic rings. The van der Waals surface area contributed by atoms with Gasteiger partial charge in [0, 0.05) is 35.5 Å². The Hall–Kier alpha value is -3.16. The van der Waals surface area contributed by atoms with Crippen molar-refractivity contribution in [2.24, 2.45) is 0 Å². The molecule has 31 heavy (non-hydrogen) atoms. The van der Waals surface area contributed by atoms with Crippen molar-refractivity contribution >= 4 is 17.5 Å². The zero-order valence-electron chi connectivity index (χ0n) is 16.6. The molecule has 0 saturated heterocycles. The lowest BCUT2D eigenvalue weighted by atomic mass is 9.82. The average Bonchev–Trinajstić information content (AvgIpc) is 3.07. The Morgan fingerprint density at radius 2 is 1.87 bits per heavy atom. The van der Waals surface area contributed by atoms with Gasteiger partial charge in [0.2, 0.25) is 0 Å². The molecule has 0 bridgehead atoms. The summed E-state index contributed by atoms with van der Waals surface area (Å²) in [6.45, 7) is 0. The highest BCUT2D eigenvalue weighted by Gasteiger charge is 2.42. The van der Waals surface area contributed by atoms with Gasteiger partial charge in [-0.05, 0) is 49.1 Å². The molecule has 1 unspecified atom stereocenters. The van der Waals surface area contributed by atoms with Gasteiger partial charge in [-0.1, -0.05) is 18.6 Å². The number of hydrogen-bond acceptors (Lipinski definition) is 3. The summed E-state index contributed by atoms with van der Waals surface area (Å²) >= 11 is 0. The molecule has 0 radical (unpaired) electrons. The molecule has 1 atom stereocenters. The van der Waals surface area contributed by atoms with Crippen molar-refractivity contribution in [2.75, 3.05) is 4.90 Å². The molecule has 1 fully saturated rings. The maximum atomic E-state index is 13.2. The molecule has 5 rings (SSSR count). The van der Waals surface area contributed by atoms with Gasteiger partial charge in [-0.15, -0.1) is 0 Å². The minimum Gasteiger partial charge on any atom is -0.326 e. The second kappa shape index (κ2) is 7.21. The number of carbonyl (C=O) groups is 2. The maximum absolute atomic E-state index is 13.2. The molecule has 3 aliphatic rings. The zero-order chi connectivity index (χ0) is 21.8. The summed E-state index contributed by atoms with van der Waals surface area (Å²) in [4.78, 5) is 31.4. The fourth-order valence-electron chi connectivity index (χ4n) is 4.48. The monoisotopic (exact) mass is 427 g/mol. The summed E-state index contributed by atoms with van der Waals surface area (Å²) in [5.74, 6) is 0.356. The summed E-state index contributed by atoms with van der Waals surface area (Å²) < 4.78 is 39.5. The molecule has 0 spiro atoms. The van der Waals surface area contributed by atoms with E-state index in [2.05, 4.69) is 10.3 Å². The van der Waals surface area contributed by atoms with Crippen LogP contribution in [0, 0.1) is 0 Å². The number of allylic oxidation sites excluding steroid dienone is 1. The minimum atomic E-state index is -4.53. The van der Waals surface area contributed by atoms with Crippen molar-refractivity contribution in [1.29, 1.82) is 0 Å². The van der Waals surface area contributed by atoms with E-state index in [9.17, 15) is 22.8 Å². The molecule has 2 aliphatic carbocycles. The van der Waals surface area contributed by atoms with Crippen LogP contribution in [0.3, 0.4) is 0 Å². The van der Waals surface area contributed by atoms with Gasteiger partial charge < -0.3 is 5.32 Å². The van der Waals surface area contributed by atoms with Gasteiger partial charge in [-0.2, -0.15) is 13.2 Å². The second-order valence-corrected chi connectivity index (χ2v) is 8.19. The highest BCUT2D eigenvalue weighted by atomic mass is 19.4. The summed E-state index contributed by atoms with van der Waals surface area (Å²) in [5.41, 5.74) is 1.84. The molecule has 1 aromatic carbocycles. The lowest BCUT2D eigenvalue weighted by Crippen LogP contribution is -2.47. The van der Waals surface area contributed by atoms with Gasteiger partial charge in [0.05, 0.1) is 17.3 Å². The number of amides is 2. The third-order valence-corrected chi connectivity index (χ3v) is 6.33. The molecule has 1 N–H and O–H groups in total. The molecule has 1 aliphatic heterocycles. The van der Waals surface area contributed by atoms with Crippen molar-refractivity contribution in [3.05, 3.63) is 70.7 Å². The van der Waals surface area contributed by atoms with E-state index in [1.807, 2.05) is 12.1 Å². The van der Waals surface area contributed by atoms with Crippen molar-refractivity contribution in [1.82, 2.24) is 10.3 Å². The lowest BCUT2D eigenvalue weighted by Gasteiger charge is -2.34. The summed E-state index contributed by atoms with van der Waals surface area (Å²) in [7, 11) is 0. The van der Waals surface area contributed by atoms with E-state index in [0.717, 1.165) is 30.7 Å². The van der Waals surface area contributed by atoms with Crippen LogP contribution in [0.1, 0.15) is 60.9 Å². The predicted octanol–water partition coefficient (Wildman–Crippen LogP) is 5.26. The molecule has 8 heteroatoms. The quantitative estimate of drug-likeness (QED) is 0.727. The average molecular weight is 427 g/mol. The van der Waals surface area contributed by atoms with Crippen LogP contribution >= 0.6 is 0 Å². The van der Waals surface area contributed by atoms with Gasteiger partial charge in [-0.25, -0.2) is 4.79 Å². The first kappa shape index (κ1) is 19.8. The topological polar surface area (TPSA) is 62.3 Å². The first-order valence-electron chi connectivity index (χ1n) is 10.3. The molecular weight excluding hydrogens is 407 g/mol. The number of rotatable bonds is 3. The Kier molecular flexibility index (Phi) is 4.60. The SMILES string of the molecule is O=C1CCC2=C1C(c1ccc(C3CCC3)nc1)NC(=O)N2c1cccc(C(F)(F)F)c1. The van der Waals surface area contributed by atoms with E-state index in [0.29, 0.717) is 29.2 Å². The van der Waals surface area contributed by atoms with Gasteiger partial charge >= 0.3 is 12.2 Å². The number of pyridine rings is 1. The molecule has 2 heterocycles. The highest BCUT2D eigenvalue weighted by molar-refractivity contribution is 6.08. The summed E-state index contributed by atoms with van der Waals surface area (Å²) in [6.07, 6.45) is 1.12. The van der Waals surface area contributed by atoms with Crippen LogP contribution in [0.15, 0.2) is 53.9 Å². The van der Waals surface area contributed by atoms with E-state index in [4.69, 9.17) is 0 Å². The van der Waals surface area contributed by atoms with Crippen molar-refractivity contribution in [2.45, 2.75) is 50.2 Å². The van der Waals surface area contributed by atoms with Gasteiger partial charge in [-0.3, -0.25) is 14.7 Å². The van der Waals surface area contributed by atoms with E-state index < -0.39 is 23.8 Å². The van der Waals surface area contributed by atoms with Crippen molar-refractivity contribution < 1.29 is 22.8 Å². The van der Waals surface area contributed by atoms with Gasteiger partial charge in [0.15, 0.2) is 5.78 Å². The number of halogens is 3. The smallest absolute Gasteiger partial charge is 0.326 e. The predicted molar refractivity (Wildman–Crippen MR) is 107 cm³/mol. The Morgan fingerprint density at radius 3 is 2.52 bits per heavy atom. The molecular formula is C23H20F3N3O2. The first-order valence-corrected chi connectivity index (χ1v) is 10.3. The number of carbonyl (C=O) groups excluding carboxylic acids is 2. The third kappa shape index (κ3) is 3.40. The Morgan fingerprint density at radius 1 is 1.06 bits per heavy atom. The minimum absolute atomic E-state index is 0.0893. The number of benzene rings is 1. The Bertz CT molecular complexity index is 1090. The van der Waals surface area contributed by atoms with Crippen LogP contribution in [-0.2, 0) is 11.0 Å². The second-order valence-electron chi connectivity index (χ2n) is 8.19. The third-order valence-electron chi connectivity index (χ3n) is 6.33. The summed E-state index contributed by atoms with van der Waals surface area (Å²) in [5, 5.41) is 2.80. The van der Waals surface area contributed by atoms with Crippen LogP contribution in [0.25, 0.3) is 0 Å². The molecule has 160 valence electrons. The molecule has 5 nitrogen and oxygen atoms in total. The Balaban J connectivity index is 1.53. The van der Waals surface area contributed by atoms with Crippen LogP contribution in [0.2, 0.25) is 0 Å². The van der Waals surface area contributed by atoms with Crippen LogP contribution in [0.4, 0.5) is 23.7 Å². The summed E-state index contributed by atoms with van der Waals surface area (Å²) in [6, 6.07) is 7.20. The molecule has 1 saturated carbocycles. The van der Waals surface area contributed by atoms with Gasteiger partial charge in [0.1, 0.15) is 0 Å². The number of ketones is 1. The van der Waals surface area contributed by atoms with Crippen LogP contribution in [-0.4, -0.2) is 16.8 Å². The van der Waals surface area contributed by atoms with E-state index in [1.165, 1.54) is 23.5 Å². The molecule has 2 amide bonds. The van der Waals surface area contributed by atoms with Gasteiger partial charge in [0.25, 0.3) is 0 Å². The fourth-order valence-corrected chi connectivity index (χ4v) is 4.48. The van der Waals surface area contributed by atoms with Crippen molar-refractivity contribution in [3.63, 3.8) is 0 Å². The first-order chi connectivity index (χ1) is 14.8. The molecule has 1 aromatic heterocycles. The van der Waals surface area contributed by atoms with Crippen molar-refractivity contribution in [3.8, 4) is 0 Å². The van der Waals surface area contributed by atoms with E-state index in [1.54, 1.807) is 6.20 Å². The highest BCUT2D eigenvalue weighted by Crippen LogP contribution is 2.42. The Labute approximate surface area is 177 Å². The van der Waals surface area contributed by atoms with Crippen LogP contribution < -0.4 is 10.2 Å². The number of anilines is 1.